The Labute approximate surface area is 123 Å². The zero-order valence-corrected chi connectivity index (χ0v) is 12.3. The number of fused-ring (bicyclic) bond motifs is 1. The van der Waals surface area contributed by atoms with Crippen LogP contribution in [-0.2, 0) is 17.9 Å². The highest BCUT2D eigenvalue weighted by atomic mass is 16.2. The average Bonchev–Trinajstić information content (AvgIpc) is 2.80. The monoisotopic (exact) mass is 285 g/mol. The number of carbonyl (C=O) groups excluding carboxylic acids is 1. The van der Waals surface area contributed by atoms with Crippen molar-refractivity contribution in [3.8, 4) is 0 Å². The van der Waals surface area contributed by atoms with Crippen LogP contribution in [0.2, 0.25) is 0 Å². The third-order valence-corrected chi connectivity index (χ3v) is 3.69. The summed E-state index contributed by atoms with van der Waals surface area (Å²) in [6.07, 6.45) is 0. The molecule has 0 aliphatic carbocycles. The van der Waals surface area contributed by atoms with E-state index in [1.165, 1.54) is 0 Å². The number of benzene rings is 1. The number of aryl methyl sites for hydroxylation is 2. The molecule has 1 aliphatic rings. The number of aromatic nitrogens is 3. The van der Waals surface area contributed by atoms with Crippen LogP contribution in [0.1, 0.15) is 17.2 Å². The molecule has 0 radical (unpaired) electrons. The summed E-state index contributed by atoms with van der Waals surface area (Å²) < 4.78 is 2.11. The predicted octanol–water partition coefficient (Wildman–Crippen LogP) is 1.35. The van der Waals surface area contributed by atoms with Crippen molar-refractivity contribution in [3.63, 3.8) is 0 Å². The molecule has 6 nitrogen and oxygen atoms in total. The van der Waals surface area contributed by atoms with E-state index in [0.29, 0.717) is 13.1 Å². The van der Waals surface area contributed by atoms with E-state index < -0.39 is 0 Å². The molecule has 1 aromatic carbocycles. The summed E-state index contributed by atoms with van der Waals surface area (Å²) in [5.41, 5.74) is 1.98. The van der Waals surface area contributed by atoms with E-state index in [1.54, 1.807) is 0 Å². The summed E-state index contributed by atoms with van der Waals surface area (Å²) >= 11 is 0. The SMILES string of the molecule is Cc1cccc(NC(=O)CN2CCn3c(C)nnc3C2)c1. The fourth-order valence-electron chi connectivity index (χ4n) is 2.61. The minimum atomic E-state index is 0.00490. The highest BCUT2D eigenvalue weighted by molar-refractivity contribution is 5.92. The van der Waals surface area contributed by atoms with Gasteiger partial charge in [0.15, 0.2) is 0 Å². The third-order valence-electron chi connectivity index (χ3n) is 3.69. The molecule has 0 saturated heterocycles. The van der Waals surface area contributed by atoms with Gasteiger partial charge in [-0.05, 0) is 31.5 Å². The second-order valence-corrected chi connectivity index (χ2v) is 5.44. The molecule has 1 aliphatic heterocycles. The first-order chi connectivity index (χ1) is 10.1. The Morgan fingerprint density at radius 2 is 2.14 bits per heavy atom. The Morgan fingerprint density at radius 3 is 2.95 bits per heavy atom. The zero-order valence-electron chi connectivity index (χ0n) is 12.3. The Bertz CT molecular complexity index is 664. The first-order valence-corrected chi connectivity index (χ1v) is 7.09. The molecule has 0 unspecified atom stereocenters. The first kappa shape index (κ1) is 13.8. The van der Waals surface area contributed by atoms with Gasteiger partial charge in [-0.3, -0.25) is 9.69 Å². The van der Waals surface area contributed by atoms with Gasteiger partial charge in [-0.25, -0.2) is 0 Å². The predicted molar refractivity (Wildman–Crippen MR) is 79.8 cm³/mol. The quantitative estimate of drug-likeness (QED) is 0.924. The molecule has 21 heavy (non-hydrogen) atoms. The van der Waals surface area contributed by atoms with Crippen LogP contribution in [0, 0.1) is 13.8 Å². The maximum atomic E-state index is 12.1. The van der Waals surface area contributed by atoms with Crippen molar-refractivity contribution in [1.82, 2.24) is 19.7 Å². The molecule has 2 aromatic rings. The van der Waals surface area contributed by atoms with Crippen molar-refractivity contribution in [2.45, 2.75) is 26.9 Å². The van der Waals surface area contributed by atoms with Gasteiger partial charge >= 0.3 is 0 Å². The number of hydrogen-bond acceptors (Lipinski definition) is 4. The maximum Gasteiger partial charge on any atom is 0.238 e. The average molecular weight is 285 g/mol. The van der Waals surface area contributed by atoms with Gasteiger partial charge in [-0.1, -0.05) is 12.1 Å². The molecular weight excluding hydrogens is 266 g/mol. The lowest BCUT2D eigenvalue weighted by molar-refractivity contribution is -0.117. The molecule has 1 aromatic heterocycles. The summed E-state index contributed by atoms with van der Waals surface area (Å²) in [6, 6.07) is 7.82. The molecule has 1 N–H and O–H groups in total. The van der Waals surface area contributed by atoms with E-state index >= 15 is 0 Å². The number of rotatable bonds is 3. The number of carbonyl (C=O) groups is 1. The number of hydrogen-bond donors (Lipinski definition) is 1. The molecule has 0 spiro atoms. The van der Waals surface area contributed by atoms with Gasteiger partial charge in [0.05, 0.1) is 13.1 Å². The van der Waals surface area contributed by atoms with E-state index in [2.05, 4.69) is 25.0 Å². The smallest absolute Gasteiger partial charge is 0.238 e. The van der Waals surface area contributed by atoms with Crippen molar-refractivity contribution < 1.29 is 4.79 Å². The third kappa shape index (κ3) is 3.11. The number of amides is 1. The van der Waals surface area contributed by atoms with Crippen LogP contribution in [0.25, 0.3) is 0 Å². The molecular formula is C15H19N5O. The van der Waals surface area contributed by atoms with Crippen molar-refractivity contribution in [3.05, 3.63) is 41.5 Å². The van der Waals surface area contributed by atoms with Gasteiger partial charge in [0, 0.05) is 18.8 Å². The van der Waals surface area contributed by atoms with Crippen molar-refractivity contribution >= 4 is 11.6 Å². The summed E-state index contributed by atoms with van der Waals surface area (Å²) in [5, 5.41) is 11.2. The highest BCUT2D eigenvalue weighted by Crippen LogP contribution is 2.13. The molecule has 3 rings (SSSR count). The summed E-state index contributed by atoms with van der Waals surface area (Å²) in [6.45, 7) is 6.69. The summed E-state index contributed by atoms with van der Waals surface area (Å²) in [5.74, 6) is 1.88. The van der Waals surface area contributed by atoms with Gasteiger partial charge < -0.3 is 9.88 Å². The molecule has 110 valence electrons. The van der Waals surface area contributed by atoms with Crippen LogP contribution in [0.15, 0.2) is 24.3 Å². The standard InChI is InChI=1S/C15H19N5O/c1-11-4-3-5-13(8-11)16-15(21)10-19-6-7-20-12(2)17-18-14(20)9-19/h3-5,8H,6-7,9-10H2,1-2H3,(H,16,21). The molecule has 0 bridgehead atoms. The van der Waals surface area contributed by atoms with E-state index in [9.17, 15) is 4.79 Å². The number of anilines is 1. The lowest BCUT2D eigenvalue weighted by atomic mass is 10.2. The first-order valence-electron chi connectivity index (χ1n) is 7.09. The van der Waals surface area contributed by atoms with Crippen LogP contribution in [0.5, 0.6) is 0 Å². The molecule has 1 amide bonds. The van der Waals surface area contributed by atoms with E-state index in [1.807, 2.05) is 38.1 Å². The second-order valence-electron chi connectivity index (χ2n) is 5.44. The Hall–Kier alpha value is -2.21. The van der Waals surface area contributed by atoms with Gasteiger partial charge in [0.25, 0.3) is 0 Å². The number of nitrogens with zero attached hydrogens (tertiary/aromatic N) is 4. The lowest BCUT2D eigenvalue weighted by Gasteiger charge is -2.26. The van der Waals surface area contributed by atoms with Crippen LogP contribution < -0.4 is 5.32 Å². The highest BCUT2D eigenvalue weighted by Gasteiger charge is 2.21. The van der Waals surface area contributed by atoms with Crippen molar-refractivity contribution in [2.24, 2.45) is 0 Å². The maximum absolute atomic E-state index is 12.1. The number of nitrogens with one attached hydrogen (secondary N) is 1. The van der Waals surface area contributed by atoms with Crippen LogP contribution in [-0.4, -0.2) is 38.7 Å². The molecule has 2 heterocycles. The topological polar surface area (TPSA) is 63.1 Å². The second kappa shape index (κ2) is 5.65. The fourth-order valence-corrected chi connectivity index (χ4v) is 2.61. The molecule has 0 fully saturated rings. The Kier molecular flexibility index (Phi) is 3.70. The van der Waals surface area contributed by atoms with Crippen molar-refractivity contribution in [2.75, 3.05) is 18.4 Å². The van der Waals surface area contributed by atoms with Gasteiger partial charge in [0.2, 0.25) is 5.91 Å². The van der Waals surface area contributed by atoms with E-state index in [4.69, 9.17) is 0 Å². The van der Waals surface area contributed by atoms with Gasteiger partial charge in [-0.2, -0.15) is 0 Å². The van der Waals surface area contributed by atoms with Crippen LogP contribution in [0.4, 0.5) is 5.69 Å². The van der Waals surface area contributed by atoms with Gasteiger partial charge in [0.1, 0.15) is 11.6 Å². The molecule has 0 atom stereocenters. The molecule has 6 heteroatoms. The Balaban J connectivity index is 1.59. The minimum Gasteiger partial charge on any atom is -0.325 e. The normalized spacial score (nSPS) is 14.8. The van der Waals surface area contributed by atoms with E-state index in [-0.39, 0.29) is 5.91 Å². The lowest BCUT2D eigenvalue weighted by Crippen LogP contribution is -2.39. The van der Waals surface area contributed by atoms with Crippen LogP contribution in [0.3, 0.4) is 0 Å². The summed E-state index contributed by atoms with van der Waals surface area (Å²) in [7, 11) is 0. The molecule has 0 saturated carbocycles. The zero-order chi connectivity index (χ0) is 14.8. The van der Waals surface area contributed by atoms with Gasteiger partial charge in [-0.15, -0.1) is 10.2 Å². The largest absolute Gasteiger partial charge is 0.325 e. The van der Waals surface area contributed by atoms with Crippen molar-refractivity contribution in [1.29, 1.82) is 0 Å². The minimum absolute atomic E-state index is 0.00490. The van der Waals surface area contributed by atoms with E-state index in [0.717, 1.165) is 36.0 Å². The Morgan fingerprint density at radius 1 is 1.29 bits per heavy atom. The fraction of sp³-hybridized carbons (Fsp3) is 0.400. The summed E-state index contributed by atoms with van der Waals surface area (Å²) in [4.78, 5) is 14.2. The van der Waals surface area contributed by atoms with Crippen LogP contribution >= 0.6 is 0 Å².